The van der Waals surface area contributed by atoms with Crippen LogP contribution in [-0.2, 0) is 63.6 Å². The van der Waals surface area contributed by atoms with E-state index in [2.05, 4.69) is 17.2 Å². The van der Waals surface area contributed by atoms with Crippen LogP contribution in [-0.4, -0.2) is 86.0 Å². The van der Waals surface area contributed by atoms with Crippen LogP contribution in [0.5, 0.6) is 0 Å². The van der Waals surface area contributed by atoms with Gasteiger partial charge in [-0.05, 0) is 17.7 Å². The summed E-state index contributed by atoms with van der Waals surface area (Å²) in [6, 6.07) is 5.86. The molecule has 1 N–H and O–H groups in total. The normalized spacial score (nSPS) is 22.0. The van der Waals surface area contributed by atoms with Crippen molar-refractivity contribution in [3.63, 3.8) is 0 Å². The van der Waals surface area contributed by atoms with Crippen LogP contribution in [0.15, 0.2) is 24.3 Å². The van der Waals surface area contributed by atoms with Crippen molar-refractivity contribution >= 4 is 35.8 Å². The van der Waals surface area contributed by atoms with Crippen molar-refractivity contribution in [2.75, 3.05) is 13.7 Å². The summed E-state index contributed by atoms with van der Waals surface area (Å²) in [5, 5.41) is 2.54. The highest BCUT2D eigenvalue weighted by molar-refractivity contribution is 5.83. The Bertz CT molecular complexity index is 1200. The molecule has 2 rings (SSSR count). The number of esters is 5. The molecule has 1 amide bonds. The summed E-state index contributed by atoms with van der Waals surface area (Å²) in [6.07, 6.45) is -5.99. The molecule has 222 valence electrons. The van der Waals surface area contributed by atoms with Crippen LogP contribution in [0.3, 0.4) is 0 Å². The zero-order valence-electron chi connectivity index (χ0n) is 23.6. The smallest absolute Gasteiger partial charge is 0.328 e. The minimum absolute atomic E-state index is 0.180. The zero-order chi connectivity index (χ0) is 30.7. The summed E-state index contributed by atoms with van der Waals surface area (Å²) in [5.74, 6) is 1.93. The fourth-order valence-electron chi connectivity index (χ4n) is 4.04. The lowest BCUT2D eigenvalue weighted by molar-refractivity contribution is -0.242. The maximum Gasteiger partial charge on any atom is 0.328 e. The summed E-state index contributed by atoms with van der Waals surface area (Å²) in [4.78, 5) is 70.6. The standard InChI is InChI=1S/C28H33NO12/c1-15(30)29-22(28(35)36-6)13-21-9-7-20(8-10-21)11-12-23-25(38-17(3)32)27(40-19(5)34)26(39-18(4)33)24(41-23)14-37-16(2)31/h7-10,22-27H,13-14H2,1-6H3,(H,29,30)/t22-,23+,24-,25+,26+,27-/m1/s1. The number of carbonyl (C=O) groups excluding carboxylic acids is 6. The minimum atomic E-state index is -1.32. The lowest BCUT2D eigenvalue weighted by atomic mass is 9.94. The third-order valence-electron chi connectivity index (χ3n) is 5.61. The van der Waals surface area contributed by atoms with E-state index >= 15 is 0 Å². The van der Waals surface area contributed by atoms with Gasteiger partial charge in [0.2, 0.25) is 5.91 Å². The molecule has 1 fully saturated rings. The van der Waals surface area contributed by atoms with E-state index in [1.165, 1.54) is 21.0 Å². The molecule has 0 saturated carbocycles. The van der Waals surface area contributed by atoms with E-state index in [4.69, 9.17) is 28.4 Å². The molecule has 0 unspecified atom stereocenters. The molecule has 1 aliphatic rings. The first-order valence-corrected chi connectivity index (χ1v) is 12.6. The predicted octanol–water partition coefficient (Wildman–Crippen LogP) is 0.384. The van der Waals surface area contributed by atoms with E-state index in [1.54, 1.807) is 24.3 Å². The number of hydrogen-bond donors (Lipinski definition) is 1. The number of carbonyl (C=O) groups is 6. The van der Waals surface area contributed by atoms with Crippen molar-refractivity contribution < 1.29 is 57.2 Å². The first-order valence-electron chi connectivity index (χ1n) is 12.6. The summed E-state index contributed by atoms with van der Waals surface area (Å²) in [5.41, 5.74) is 1.22. The maximum absolute atomic E-state index is 12.0. The number of nitrogens with one attached hydrogen (secondary N) is 1. The van der Waals surface area contributed by atoms with Gasteiger partial charge in [0.1, 0.15) is 18.8 Å². The molecule has 1 heterocycles. The third-order valence-corrected chi connectivity index (χ3v) is 5.61. The van der Waals surface area contributed by atoms with Gasteiger partial charge >= 0.3 is 29.8 Å². The van der Waals surface area contributed by atoms with E-state index < -0.39 is 66.4 Å². The van der Waals surface area contributed by atoms with Crippen molar-refractivity contribution in [2.45, 2.75) is 77.6 Å². The number of benzene rings is 1. The average molecular weight is 576 g/mol. The zero-order valence-corrected chi connectivity index (χ0v) is 23.6. The first kappa shape index (κ1) is 32.8. The van der Waals surface area contributed by atoms with Gasteiger partial charge in [0, 0.05) is 46.6 Å². The summed E-state index contributed by atoms with van der Waals surface area (Å²) < 4.78 is 31.9. The van der Waals surface area contributed by atoms with Crippen LogP contribution >= 0.6 is 0 Å². The second-order valence-electron chi connectivity index (χ2n) is 9.07. The van der Waals surface area contributed by atoms with Gasteiger partial charge in [0.05, 0.1) is 7.11 Å². The number of amides is 1. The fourth-order valence-corrected chi connectivity index (χ4v) is 4.04. The molecule has 1 aromatic rings. The van der Waals surface area contributed by atoms with Gasteiger partial charge in [0.15, 0.2) is 24.4 Å². The monoisotopic (exact) mass is 575 g/mol. The number of methoxy groups -OCH3 is 1. The number of hydrogen-bond acceptors (Lipinski definition) is 12. The Morgan fingerprint density at radius 1 is 0.829 bits per heavy atom. The quantitative estimate of drug-likeness (QED) is 0.244. The number of rotatable bonds is 9. The van der Waals surface area contributed by atoms with Crippen molar-refractivity contribution in [3.05, 3.63) is 35.4 Å². The molecule has 0 aromatic heterocycles. The largest absolute Gasteiger partial charge is 0.467 e. The lowest BCUT2D eigenvalue weighted by Crippen LogP contribution is -2.62. The molecule has 13 nitrogen and oxygen atoms in total. The van der Waals surface area contributed by atoms with E-state index in [0.717, 1.165) is 20.8 Å². The fraction of sp³-hybridized carbons (Fsp3) is 0.500. The van der Waals surface area contributed by atoms with E-state index in [1.807, 2.05) is 0 Å². The molecule has 13 heteroatoms. The Labute approximate surface area is 237 Å². The SMILES string of the molecule is COC(=O)[C@@H](Cc1ccc(C#C[C@@H]2O[C@H](COC(C)=O)[C@H](OC(C)=O)[C@H](OC(C)=O)[C@H]2OC(C)=O)cc1)NC(C)=O. The van der Waals surface area contributed by atoms with Crippen LogP contribution in [0.25, 0.3) is 0 Å². The molecule has 6 atom stereocenters. The van der Waals surface area contributed by atoms with Crippen molar-refractivity contribution in [2.24, 2.45) is 0 Å². The summed E-state index contributed by atoms with van der Waals surface area (Å²) >= 11 is 0. The van der Waals surface area contributed by atoms with Crippen LogP contribution < -0.4 is 5.32 Å². The predicted molar refractivity (Wildman–Crippen MR) is 139 cm³/mol. The highest BCUT2D eigenvalue weighted by Crippen LogP contribution is 2.29. The van der Waals surface area contributed by atoms with E-state index in [9.17, 15) is 28.8 Å². The Morgan fingerprint density at radius 2 is 1.39 bits per heavy atom. The molecule has 0 radical (unpaired) electrons. The Kier molecular flexibility index (Phi) is 12.3. The van der Waals surface area contributed by atoms with Crippen LogP contribution in [0, 0.1) is 11.8 Å². The van der Waals surface area contributed by atoms with Crippen molar-refractivity contribution in [3.8, 4) is 11.8 Å². The summed E-state index contributed by atoms with van der Waals surface area (Å²) in [6.45, 7) is 5.52. The Morgan fingerprint density at radius 3 is 1.90 bits per heavy atom. The molecular weight excluding hydrogens is 542 g/mol. The van der Waals surface area contributed by atoms with Crippen LogP contribution in [0.2, 0.25) is 0 Å². The van der Waals surface area contributed by atoms with Crippen molar-refractivity contribution in [1.82, 2.24) is 5.32 Å². The maximum atomic E-state index is 12.0. The molecule has 41 heavy (non-hydrogen) atoms. The minimum Gasteiger partial charge on any atom is -0.467 e. The van der Waals surface area contributed by atoms with Gasteiger partial charge in [-0.25, -0.2) is 4.79 Å². The molecular formula is C28H33NO12. The van der Waals surface area contributed by atoms with Crippen LogP contribution in [0.1, 0.15) is 45.7 Å². The average Bonchev–Trinajstić information content (AvgIpc) is 2.88. The first-order chi connectivity index (χ1) is 19.3. The molecule has 1 saturated heterocycles. The van der Waals surface area contributed by atoms with Gasteiger partial charge in [-0.2, -0.15) is 0 Å². The lowest BCUT2D eigenvalue weighted by Gasteiger charge is -2.42. The van der Waals surface area contributed by atoms with Crippen LogP contribution in [0.4, 0.5) is 0 Å². The van der Waals surface area contributed by atoms with Crippen molar-refractivity contribution in [1.29, 1.82) is 0 Å². The Balaban J connectivity index is 2.39. The van der Waals surface area contributed by atoms with E-state index in [-0.39, 0.29) is 18.9 Å². The third kappa shape index (κ3) is 10.6. The molecule has 1 aliphatic heterocycles. The van der Waals surface area contributed by atoms with Gasteiger partial charge in [-0.15, -0.1) is 0 Å². The summed E-state index contributed by atoms with van der Waals surface area (Å²) in [7, 11) is 1.23. The van der Waals surface area contributed by atoms with Gasteiger partial charge in [-0.3, -0.25) is 24.0 Å². The molecule has 0 spiro atoms. The highest BCUT2D eigenvalue weighted by atomic mass is 16.7. The molecule has 0 bridgehead atoms. The molecule has 1 aromatic carbocycles. The topological polar surface area (TPSA) is 170 Å². The highest BCUT2D eigenvalue weighted by Gasteiger charge is 2.51. The second kappa shape index (κ2) is 15.4. The van der Waals surface area contributed by atoms with Gasteiger partial charge < -0.3 is 33.7 Å². The second-order valence-corrected chi connectivity index (χ2v) is 9.07. The van der Waals surface area contributed by atoms with Gasteiger partial charge in [-0.1, -0.05) is 24.0 Å². The number of ether oxygens (including phenoxy) is 6. The van der Waals surface area contributed by atoms with Gasteiger partial charge in [0.25, 0.3) is 0 Å². The molecule has 0 aliphatic carbocycles. The Hall–Kier alpha value is -4.44. The van der Waals surface area contributed by atoms with E-state index in [0.29, 0.717) is 11.1 Å².